The second-order valence-corrected chi connectivity index (χ2v) is 5.32. The third-order valence-electron chi connectivity index (χ3n) is 2.80. The zero-order valence-electron chi connectivity index (χ0n) is 11.9. The average Bonchev–Trinajstić information content (AvgIpc) is 2.44. The molecular weight excluding hydrogens is 338 g/mol. The maximum Gasteiger partial charge on any atom is 0.326 e. The maximum absolute atomic E-state index is 11.8. The molecule has 0 radical (unpaired) electrons. The predicted octanol–water partition coefficient (Wildman–Crippen LogP) is 2.84. The van der Waals surface area contributed by atoms with Crippen LogP contribution >= 0.6 is 15.9 Å². The summed E-state index contributed by atoms with van der Waals surface area (Å²) in [4.78, 5) is 22.8. The molecular formula is C15H18BrNO4. The minimum Gasteiger partial charge on any atom is -0.496 e. The lowest BCUT2D eigenvalue weighted by molar-refractivity contribution is -0.141. The van der Waals surface area contributed by atoms with Crippen LogP contribution in [0.25, 0.3) is 6.08 Å². The summed E-state index contributed by atoms with van der Waals surface area (Å²) < 4.78 is 6.05. The Balaban J connectivity index is 2.78. The fourth-order valence-electron chi connectivity index (χ4n) is 1.77. The monoisotopic (exact) mass is 355 g/mol. The van der Waals surface area contributed by atoms with E-state index in [1.165, 1.54) is 6.08 Å². The number of amides is 1. The number of ether oxygens (including phenoxy) is 1. The molecule has 21 heavy (non-hydrogen) atoms. The topological polar surface area (TPSA) is 75.6 Å². The Morgan fingerprint density at radius 1 is 1.48 bits per heavy atom. The van der Waals surface area contributed by atoms with Crippen molar-refractivity contribution in [2.45, 2.75) is 25.8 Å². The van der Waals surface area contributed by atoms with Crippen molar-refractivity contribution in [2.24, 2.45) is 0 Å². The van der Waals surface area contributed by atoms with Crippen molar-refractivity contribution in [3.05, 3.63) is 34.3 Å². The number of carboxylic acid groups (broad SMARTS) is 1. The summed E-state index contributed by atoms with van der Waals surface area (Å²) in [5, 5.41) is 11.5. The largest absolute Gasteiger partial charge is 0.496 e. The number of benzene rings is 1. The Kier molecular flexibility index (Phi) is 6.94. The second-order valence-electron chi connectivity index (χ2n) is 4.41. The Morgan fingerprint density at radius 3 is 2.76 bits per heavy atom. The molecule has 0 aliphatic rings. The van der Waals surface area contributed by atoms with E-state index in [1.54, 1.807) is 19.3 Å². The maximum atomic E-state index is 11.8. The van der Waals surface area contributed by atoms with E-state index in [0.717, 1.165) is 10.0 Å². The smallest absolute Gasteiger partial charge is 0.326 e. The molecule has 0 saturated heterocycles. The lowest BCUT2D eigenvalue weighted by Crippen LogP contribution is -2.39. The van der Waals surface area contributed by atoms with Crippen molar-refractivity contribution in [1.29, 1.82) is 0 Å². The summed E-state index contributed by atoms with van der Waals surface area (Å²) in [5.74, 6) is -0.845. The van der Waals surface area contributed by atoms with E-state index in [0.29, 0.717) is 18.6 Å². The highest BCUT2D eigenvalue weighted by Gasteiger charge is 2.17. The quantitative estimate of drug-likeness (QED) is 0.737. The molecule has 0 aliphatic carbocycles. The van der Waals surface area contributed by atoms with Crippen molar-refractivity contribution in [3.63, 3.8) is 0 Å². The Morgan fingerprint density at radius 2 is 2.19 bits per heavy atom. The van der Waals surface area contributed by atoms with Gasteiger partial charge in [0.25, 0.3) is 0 Å². The third-order valence-corrected chi connectivity index (χ3v) is 3.29. The number of nitrogens with one attached hydrogen (secondary N) is 1. The molecule has 114 valence electrons. The van der Waals surface area contributed by atoms with Crippen molar-refractivity contribution >= 4 is 33.9 Å². The van der Waals surface area contributed by atoms with Crippen molar-refractivity contribution < 1.29 is 19.4 Å². The average molecular weight is 356 g/mol. The summed E-state index contributed by atoms with van der Waals surface area (Å²) in [6, 6.07) is 4.55. The van der Waals surface area contributed by atoms with Gasteiger partial charge in [-0.1, -0.05) is 29.3 Å². The molecule has 0 heterocycles. The molecule has 0 unspecified atom stereocenters. The number of rotatable bonds is 7. The summed E-state index contributed by atoms with van der Waals surface area (Å²) in [7, 11) is 1.54. The lowest BCUT2D eigenvalue weighted by atomic mass is 10.1. The van der Waals surface area contributed by atoms with Gasteiger partial charge in [0.05, 0.1) is 7.11 Å². The van der Waals surface area contributed by atoms with Crippen LogP contribution in [0.2, 0.25) is 0 Å². The van der Waals surface area contributed by atoms with Crippen molar-refractivity contribution in [3.8, 4) is 5.75 Å². The van der Waals surface area contributed by atoms with Gasteiger partial charge in [0.2, 0.25) is 5.91 Å². The van der Waals surface area contributed by atoms with Crippen LogP contribution in [0, 0.1) is 0 Å². The molecule has 2 N–H and O–H groups in total. The van der Waals surface area contributed by atoms with E-state index in [4.69, 9.17) is 9.84 Å². The van der Waals surface area contributed by atoms with Gasteiger partial charge in [-0.05, 0) is 30.7 Å². The van der Waals surface area contributed by atoms with E-state index >= 15 is 0 Å². The van der Waals surface area contributed by atoms with E-state index in [1.807, 2.05) is 19.1 Å². The van der Waals surface area contributed by atoms with Gasteiger partial charge in [-0.25, -0.2) is 4.79 Å². The normalized spacial score (nSPS) is 12.1. The second kappa shape index (κ2) is 8.46. The van der Waals surface area contributed by atoms with Crippen LogP contribution in [0.3, 0.4) is 0 Å². The van der Waals surface area contributed by atoms with Gasteiger partial charge >= 0.3 is 5.97 Å². The van der Waals surface area contributed by atoms with Crippen LogP contribution in [0.15, 0.2) is 28.7 Å². The van der Waals surface area contributed by atoms with Gasteiger partial charge in [0, 0.05) is 16.1 Å². The van der Waals surface area contributed by atoms with Gasteiger partial charge in [0.1, 0.15) is 11.8 Å². The van der Waals surface area contributed by atoms with Gasteiger partial charge in [-0.2, -0.15) is 0 Å². The van der Waals surface area contributed by atoms with Crippen LogP contribution in [0.1, 0.15) is 25.3 Å². The van der Waals surface area contributed by atoms with Crippen LogP contribution in [-0.2, 0) is 9.59 Å². The number of carboxylic acids is 1. The van der Waals surface area contributed by atoms with Crippen LogP contribution in [0.5, 0.6) is 5.75 Å². The molecule has 0 aliphatic heterocycles. The fraction of sp³-hybridized carbons (Fsp3) is 0.333. The summed E-state index contributed by atoms with van der Waals surface area (Å²) in [6.07, 6.45) is 3.97. The number of carbonyl (C=O) groups excluding carboxylic acids is 1. The molecule has 0 saturated carbocycles. The first-order chi connectivity index (χ1) is 9.97. The molecule has 1 amide bonds. The number of aliphatic carboxylic acids is 1. The number of halogens is 1. The highest BCUT2D eigenvalue weighted by molar-refractivity contribution is 9.10. The lowest BCUT2D eigenvalue weighted by Gasteiger charge is -2.11. The van der Waals surface area contributed by atoms with Crippen LogP contribution < -0.4 is 10.1 Å². The summed E-state index contributed by atoms with van der Waals surface area (Å²) in [6.45, 7) is 1.87. The van der Waals surface area contributed by atoms with Crippen molar-refractivity contribution in [1.82, 2.24) is 5.32 Å². The minimum atomic E-state index is -1.03. The minimum absolute atomic E-state index is 0.398. The molecule has 0 bridgehead atoms. The molecule has 6 heteroatoms. The number of methoxy groups -OCH3 is 1. The van der Waals surface area contributed by atoms with Crippen LogP contribution in [0.4, 0.5) is 0 Å². The molecule has 1 aromatic carbocycles. The highest BCUT2D eigenvalue weighted by atomic mass is 79.9. The molecule has 1 atom stereocenters. The first-order valence-electron chi connectivity index (χ1n) is 6.52. The molecule has 0 fully saturated rings. The standard InChI is InChI=1S/C15H18BrNO4/c1-3-4-12(15(19)20)17-14(18)8-5-10-9-11(16)6-7-13(10)21-2/h5-9,12H,3-4H2,1-2H3,(H,17,18)(H,19,20)/b8-5+/t12-/m0/s1. The van der Waals surface area contributed by atoms with Gasteiger partial charge in [-0.3, -0.25) is 4.79 Å². The predicted molar refractivity (Wildman–Crippen MR) is 84.2 cm³/mol. The summed E-state index contributed by atoms with van der Waals surface area (Å²) >= 11 is 3.34. The molecule has 1 aromatic rings. The molecule has 5 nitrogen and oxygen atoms in total. The summed E-state index contributed by atoms with van der Waals surface area (Å²) in [5.41, 5.74) is 0.726. The first kappa shape index (κ1) is 17.2. The highest BCUT2D eigenvalue weighted by Crippen LogP contribution is 2.24. The van der Waals surface area contributed by atoms with E-state index < -0.39 is 17.9 Å². The Labute approximate surface area is 132 Å². The van der Waals surface area contributed by atoms with Gasteiger partial charge in [0.15, 0.2) is 0 Å². The molecule has 1 rings (SSSR count). The van der Waals surface area contributed by atoms with Gasteiger partial charge < -0.3 is 15.2 Å². The zero-order chi connectivity index (χ0) is 15.8. The van der Waals surface area contributed by atoms with Crippen LogP contribution in [-0.4, -0.2) is 30.1 Å². The molecule has 0 aromatic heterocycles. The fourth-order valence-corrected chi connectivity index (χ4v) is 2.15. The third kappa shape index (κ3) is 5.59. The molecule has 0 spiro atoms. The number of hydrogen-bond acceptors (Lipinski definition) is 3. The van der Waals surface area contributed by atoms with E-state index in [-0.39, 0.29) is 0 Å². The Hall–Kier alpha value is -1.82. The van der Waals surface area contributed by atoms with Gasteiger partial charge in [-0.15, -0.1) is 0 Å². The first-order valence-corrected chi connectivity index (χ1v) is 7.32. The Bertz CT molecular complexity index is 542. The van der Waals surface area contributed by atoms with E-state index in [2.05, 4.69) is 21.2 Å². The SMILES string of the molecule is CCC[C@H](NC(=O)/C=C/c1cc(Br)ccc1OC)C(=O)O. The zero-order valence-corrected chi connectivity index (χ0v) is 13.5. The van der Waals surface area contributed by atoms with Crippen molar-refractivity contribution in [2.75, 3.05) is 7.11 Å². The van der Waals surface area contributed by atoms with E-state index in [9.17, 15) is 9.59 Å². The number of carbonyl (C=O) groups is 2. The number of hydrogen-bond donors (Lipinski definition) is 2.